The number of hydrogen-bond donors (Lipinski definition) is 2. The van der Waals surface area contributed by atoms with Crippen LogP contribution in [-0.2, 0) is 0 Å². The average molecular weight is 282 g/mol. The van der Waals surface area contributed by atoms with Crippen LogP contribution < -0.4 is 10.9 Å². The van der Waals surface area contributed by atoms with Gasteiger partial charge in [0.1, 0.15) is 11.7 Å². The van der Waals surface area contributed by atoms with Crippen LogP contribution >= 0.6 is 0 Å². The van der Waals surface area contributed by atoms with Crippen molar-refractivity contribution in [1.82, 2.24) is 20.5 Å². The lowest BCUT2D eigenvalue weighted by molar-refractivity contribution is 0.455. The highest BCUT2D eigenvalue weighted by molar-refractivity contribution is 5.45. The van der Waals surface area contributed by atoms with E-state index >= 15 is 0 Å². The molecule has 2 aromatic heterocycles. The minimum atomic E-state index is -0.208. The first-order valence-corrected chi connectivity index (χ1v) is 6.53. The molecule has 0 spiro atoms. The highest BCUT2D eigenvalue weighted by atomic mass is 16.4. The molecule has 1 unspecified atom stereocenters. The molecule has 6 nitrogen and oxygen atoms in total. The monoisotopic (exact) mass is 282 g/mol. The Bertz CT molecular complexity index is 779. The van der Waals surface area contributed by atoms with Gasteiger partial charge in [-0.2, -0.15) is 0 Å². The Hall–Kier alpha value is -2.73. The Morgan fingerprint density at radius 3 is 2.62 bits per heavy atom. The molecule has 1 atom stereocenters. The maximum atomic E-state index is 11.3. The van der Waals surface area contributed by atoms with Gasteiger partial charge in [-0.05, 0) is 18.7 Å². The predicted molar refractivity (Wildman–Crippen MR) is 77.7 cm³/mol. The number of rotatable bonds is 4. The molecule has 0 radical (unpaired) electrons. The van der Waals surface area contributed by atoms with Crippen LogP contribution in [0.4, 0.5) is 0 Å². The lowest BCUT2D eigenvalue weighted by Gasteiger charge is -2.11. The van der Waals surface area contributed by atoms with Crippen molar-refractivity contribution in [3.8, 4) is 11.6 Å². The summed E-state index contributed by atoms with van der Waals surface area (Å²) in [5.74, 6) is 0.738. The third-order valence-electron chi connectivity index (χ3n) is 3.11. The van der Waals surface area contributed by atoms with Crippen LogP contribution in [0, 0.1) is 0 Å². The Kier molecular flexibility index (Phi) is 3.61. The van der Waals surface area contributed by atoms with E-state index in [1.807, 2.05) is 37.4 Å². The van der Waals surface area contributed by atoms with Gasteiger partial charge in [0, 0.05) is 6.07 Å². The third-order valence-corrected chi connectivity index (χ3v) is 3.11. The molecule has 0 saturated heterocycles. The van der Waals surface area contributed by atoms with Gasteiger partial charge >= 0.3 is 0 Å². The number of benzene rings is 1. The molecule has 21 heavy (non-hydrogen) atoms. The van der Waals surface area contributed by atoms with Crippen molar-refractivity contribution in [3.63, 3.8) is 0 Å². The van der Waals surface area contributed by atoms with E-state index in [9.17, 15) is 4.79 Å². The third kappa shape index (κ3) is 2.75. The summed E-state index contributed by atoms with van der Waals surface area (Å²) in [6.07, 6.45) is 0. The fourth-order valence-corrected chi connectivity index (χ4v) is 2.11. The first-order valence-electron chi connectivity index (χ1n) is 6.53. The fourth-order valence-electron chi connectivity index (χ4n) is 2.11. The summed E-state index contributed by atoms with van der Waals surface area (Å²) in [7, 11) is 1.83. The maximum absolute atomic E-state index is 11.3. The molecule has 0 saturated carbocycles. The summed E-state index contributed by atoms with van der Waals surface area (Å²) in [4.78, 5) is 14.0. The first kappa shape index (κ1) is 13.3. The number of aromatic amines is 1. The second-order valence-corrected chi connectivity index (χ2v) is 4.51. The molecular formula is C15H14N4O2. The molecule has 3 rings (SSSR count). The van der Waals surface area contributed by atoms with Crippen molar-refractivity contribution < 1.29 is 4.42 Å². The molecule has 0 amide bonds. The van der Waals surface area contributed by atoms with Crippen molar-refractivity contribution in [3.05, 3.63) is 70.3 Å². The van der Waals surface area contributed by atoms with Gasteiger partial charge in [-0.25, -0.2) is 0 Å². The van der Waals surface area contributed by atoms with Gasteiger partial charge in [0.25, 0.3) is 5.89 Å². The molecule has 0 bridgehead atoms. The normalized spacial score (nSPS) is 12.2. The molecule has 1 aromatic carbocycles. The van der Waals surface area contributed by atoms with E-state index in [1.54, 1.807) is 12.1 Å². The van der Waals surface area contributed by atoms with Gasteiger partial charge in [0.15, 0.2) is 0 Å². The molecule has 0 aliphatic carbocycles. The van der Waals surface area contributed by atoms with Gasteiger partial charge in [-0.1, -0.05) is 36.4 Å². The number of hydrogen-bond acceptors (Lipinski definition) is 5. The molecule has 106 valence electrons. The van der Waals surface area contributed by atoms with E-state index in [4.69, 9.17) is 4.42 Å². The fraction of sp³-hybridized carbons (Fsp3) is 0.133. The zero-order valence-electron chi connectivity index (χ0n) is 11.4. The van der Waals surface area contributed by atoms with Crippen molar-refractivity contribution in [2.45, 2.75) is 6.04 Å². The number of nitrogens with zero attached hydrogens (tertiary/aromatic N) is 2. The van der Waals surface area contributed by atoms with Gasteiger partial charge in [-0.15, -0.1) is 10.2 Å². The van der Waals surface area contributed by atoms with Crippen LogP contribution in [0.25, 0.3) is 11.6 Å². The van der Waals surface area contributed by atoms with E-state index < -0.39 is 0 Å². The first-order chi connectivity index (χ1) is 10.3. The number of aromatic nitrogens is 3. The average Bonchev–Trinajstić information content (AvgIpc) is 2.99. The highest BCUT2D eigenvalue weighted by Crippen LogP contribution is 2.23. The molecular weight excluding hydrogens is 268 g/mol. The summed E-state index contributed by atoms with van der Waals surface area (Å²) in [6, 6.07) is 14.4. The Balaban J connectivity index is 1.95. The molecule has 0 aliphatic rings. The minimum absolute atomic E-state index is 0.192. The van der Waals surface area contributed by atoms with Crippen LogP contribution in [-0.4, -0.2) is 22.2 Å². The number of pyridine rings is 1. The summed E-state index contributed by atoms with van der Waals surface area (Å²) < 4.78 is 5.68. The molecule has 2 N–H and O–H groups in total. The van der Waals surface area contributed by atoms with Gasteiger partial charge < -0.3 is 14.7 Å². The number of H-pyrrole nitrogens is 1. The second-order valence-electron chi connectivity index (χ2n) is 4.51. The summed E-state index contributed by atoms with van der Waals surface area (Å²) in [5.41, 5.74) is 1.32. The van der Waals surface area contributed by atoms with Crippen LogP contribution in [0.2, 0.25) is 0 Å². The zero-order valence-corrected chi connectivity index (χ0v) is 11.4. The minimum Gasteiger partial charge on any atom is -0.417 e. The topological polar surface area (TPSA) is 83.8 Å². The van der Waals surface area contributed by atoms with Crippen molar-refractivity contribution >= 4 is 0 Å². The maximum Gasteiger partial charge on any atom is 0.264 e. The van der Waals surface area contributed by atoms with Crippen molar-refractivity contribution in [1.29, 1.82) is 0 Å². The predicted octanol–water partition coefficient (Wildman–Crippen LogP) is 1.73. The largest absolute Gasteiger partial charge is 0.417 e. The SMILES string of the molecule is CNC(c1ccccc1)c1nnc(-c2cccc(=O)[nH]2)o1. The lowest BCUT2D eigenvalue weighted by atomic mass is 10.1. The van der Waals surface area contributed by atoms with Crippen molar-refractivity contribution in [2.75, 3.05) is 7.05 Å². The molecule has 6 heteroatoms. The van der Waals surface area contributed by atoms with Crippen LogP contribution in [0.5, 0.6) is 0 Å². The second kappa shape index (κ2) is 5.72. The van der Waals surface area contributed by atoms with Gasteiger partial charge in [-0.3, -0.25) is 4.79 Å². The highest BCUT2D eigenvalue weighted by Gasteiger charge is 2.19. The Morgan fingerprint density at radius 1 is 1.10 bits per heavy atom. The van der Waals surface area contributed by atoms with Crippen LogP contribution in [0.15, 0.2) is 57.7 Å². The van der Waals surface area contributed by atoms with E-state index in [0.29, 0.717) is 17.5 Å². The van der Waals surface area contributed by atoms with Gasteiger partial charge in [0.2, 0.25) is 11.4 Å². The summed E-state index contributed by atoms with van der Waals surface area (Å²) >= 11 is 0. The Morgan fingerprint density at radius 2 is 1.90 bits per heavy atom. The smallest absolute Gasteiger partial charge is 0.264 e. The lowest BCUT2D eigenvalue weighted by Crippen LogP contribution is -2.17. The Labute approximate surface area is 120 Å². The van der Waals surface area contributed by atoms with Gasteiger partial charge in [0.05, 0.1) is 0 Å². The quantitative estimate of drug-likeness (QED) is 0.761. The number of nitrogens with one attached hydrogen (secondary N) is 2. The zero-order chi connectivity index (χ0) is 14.7. The van der Waals surface area contributed by atoms with E-state index in [1.165, 1.54) is 6.07 Å². The van der Waals surface area contributed by atoms with Crippen LogP contribution in [0.1, 0.15) is 17.5 Å². The van der Waals surface area contributed by atoms with Crippen molar-refractivity contribution in [2.24, 2.45) is 0 Å². The molecule has 0 fully saturated rings. The van der Waals surface area contributed by atoms with E-state index in [2.05, 4.69) is 20.5 Å². The standard InChI is InChI=1S/C15H14N4O2/c1-16-13(10-6-3-2-4-7-10)15-19-18-14(21-15)11-8-5-9-12(20)17-11/h2-9,13,16H,1H3,(H,17,20). The van der Waals surface area contributed by atoms with E-state index in [0.717, 1.165) is 5.56 Å². The summed E-state index contributed by atoms with van der Waals surface area (Å²) in [5, 5.41) is 11.2. The molecule has 2 heterocycles. The van der Waals surface area contributed by atoms with Crippen LogP contribution in [0.3, 0.4) is 0 Å². The summed E-state index contributed by atoms with van der Waals surface area (Å²) in [6.45, 7) is 0. The van der Waals surface area contributed by atoms with E-state index in [-0.39, 0.29) is 11.6 Å². The molecule has 3 aromatic rings. The molecule has 0 aliphatic heterocycles.